The van der Waals surface area contributed by atoms with E-state index in [2.05, 4.69) is 4.72 Å². The lowest BCUT2D eigenvalue weighted by Gasteiger charge is -2.19. The summed E-state index contributed by atoms with van der Waals surface area (Å²) < 4.78 is 63.8. The Morgan fingerprint density at radius 3 is 2.74 bits per heavy atom. The van der Waals surface area contributed by atoms with Gasteiger partial charge in [0.05, 0.1) is 24.2 Å². The topological polar surface area (TPSA) is 119 Å². The van der Waals surface area contributed by atoms with Crippen LogP contribution in [0.1, 0.15) is 26.2 Å². The smallest absolute Gasteiger partial charge is 0.244 e. The Kier molecular flexibility index (Phi) is 5.75. The summed E-state index contributed by atoms with van der Waals surface area (Å²) in [7, 11) is -7.79. The van der Waals surface area contributed by atoms with Gasteiger partial charge in [-0.05, 0) is 38.0 Å². The molecule has 2 fully saturated rings. The van der Waals surface area contributed by atoms with E-state index in [4.69, 9.17) is 9.47 Å². The van der Waals surface area contributed by atoms with Gasteiger partial charge in [-0.25, -0.2) is 25.9 Å². The van der Waals surface area contributed by atoms with Gasteiger partial charge in [0.15, 0.2) is 0 Å². The molecule has 0 radical (unpaired) electrons. The fourth-order valence-electron chi connectivity index (χ4n) is 3.06. The fraction of sp³-hybridized carbons (Fsp3) is 0.562. The molecule has 9 nitrogen and oxygen atoms in total. The van der Waals surface area contributed by atoms with Gasteiger partial charge in [0.25, 0.3) is 0 Å². The third-order valence-electron chi connectivity index (χ3n) is 4.35. The summed E-state index contributed by atoms with van der Waals surface area (Å²) in [6, 6.07) is 3.88. The number of carbonyl (C=O) groups excluding carboxylic acids is 1. The fourth-order valence-corrected chi connectivity index (χ4v) is 5.74. The maximum atomic E-state index is 12.8. The first-order valence-corrected chi connectivity index (χ1v) is 11.8. The quantitative estimate of drug-likeness (QED) is 0.689. The van der Waals surface area contributed by atoms with E-state index in [1.54, 1.807) is 6.92 Å². The van der Waals surface area contributed by atoms with Crippen LogP contribution < -0.4 is 13.8 Å². The molecule has 1 atom stereocenters. The van der Waals surface area contributed by atoms with Crippen molar-refractivity contribution in [3.05, 3.63) is 18.2 Å². The second-order valence-corrected chi connectivity index (χ2v) is 9.95. The Labute approximate surface area is 158 Å². The van der Waals surface area contributed by atoms with Crippen LogP contribution in [0.2, 0.25) is 0 Å². The van der Waals surface area contributed by atoms with Crippen molar-refractivity contribution < 1.29 is 31.1 Å². The molecule has 1 amide bonds. The molecule has 0 saturated carbocycles. The molecule has 0 aliphatic carbocycles. The minimum atomic E-state index is -4.00. The Hall–Kier alpha value is -1.69. The average Bonchev–Trinajstić information content (AvgIpc) is 3.22. The van der Waals surface area contributed by atoms with E-state index in [0.717, 1.165) is 18.9 Å². The van der Waals surface area contributed by atoms with Crippen molar-refractivity contribution in [3.63, 3.8) is 0 Å². The van der Waals surface area contributed by atoms with Crippen LogP contribution in [0.4, 0.5) is 5.69 Å². The third kappa shape index (κ3) is 4.26. The molecular weight excluding hydrogens is 396 g/mol. The number of anilines is 1. The number of nitrogens with one attached hydrogen (secondary N) is 1. The Bertz CT molecular complexity index is 922. The summed E-state index contributed by atoms with van der Waals surface area (Å²) in [6.07, 6.45) is 1.32. The molecule has 2 saturated heterocycles. The van der Waals surface area contributed by atoms with Crippen molar-refractivity contribution in [2.24, 2.45) is 0 Å². The number of nitrogens with zero attached hydrogens (tertiary/aromatic N) is 1. The first kappa shape index (κ1) is 20.1. The number of hydrogen-bond acceptors (Lipinski definition) is 7. The first-order valence-electron chi connectivity index (χ1n) is 8.68. The Morgan fingerprint density at radius 1 is 1.37 bits per heavy atom. The van der Waals surface area contributed by atoms with Crippen molar-refractivity contribution >= 4 is 31.6 Å². The molecule has 3 rings (SSSR count). The van der Waals surface area contributed by atoms with Gasteiger partial charge in [-0.15, -0.1) is 0 Å². The highest BCUT2D eigenvalue weighted by Crippen LogP contribution is 2.32. The summed E-state index contributed by atoms with van der Waals surface area (Å²) >= 11 is 0. The predicted molar refractivity (Wildman–Crippen MR) is 97.7 cm³/mol. The zero-order valence-electron chi connectivity index (χ0n) is 14.9. The molecular formula is C16H22N2O7S2. The number of sulfonamides is 2. The summed E-state index contributed by atoms with van der Waals surface area (Å²) in [4.78, 5) is 11.8. The highest BCUT2D eigenvalue weighted by atomic mass is 32.2. The van der Waals surface area contributed by atoms with Crippen molar-refractivity contribution in [1.29, 1.82) is 0 Å². The van der Waals surface area contributed by atoms with Crippen LogP contribution in [0.15, 0.2) is 23.1 Å². The van der Waals surface area contributed by atoms with Gasteiger partial charge in [-0.1, -0.05) is 0 Å². The minimum absolute atomic E-state index is 0.0153. The van der Waals surface area contributed by atoms with Crippen molar-refractivity contribution in [2.75, 3.05) is 29.8 Å². The van der Waals surface area contributed by atoms with Crippen molar-refractivity contribution in [3.8, 4) is 5.75 Å². The first-order chi connectivity index (χ1) is 12.7. The van der Waals surface area contributed by atoms with Gasteiger partial charge in [-0.2, -0.15) is 0 Å². The molecule has 0 spiro atoms. The third-order valence-corrected chi connectivity index (χ3v) is 7.49. The number of amides is 1. The maximum Gasteiger partial charge on any atom is 0.244 e. The van der Waals surface area contributed by atoms with E-state index >= 15 is 0 Å². The number of rotatable bonds is 7. The van der Waals surface area contributed by atoms with E-state index in [1.165, 1.54) is 12.1 Å². The van der Waals surface area contributed by atoms with E-state index in [9.17, 15) is 21.6 Å². The van der Waals surface area contributed by atoms with Crippen LogP contribution in [0.25, 0.3) is 0 Å². The molecule has 11 heteroatoms. The Morgan fingerprint density at radius 2 is 2.15 bits per heavy atom. The van der Waals surface area contributed by atoms with Gasteiger partial charge in [-0.3, -0.25) is 4.79 Å². The van der Waals surface area contributed by atoms with Crippen molar-refractivity contribution in [1.82, 2.24) is 4.72 Å². The number of hydrogen-bond donors (Lipinski definition) is 1. The summed E-state index contributed by atoms with van der Waals surface area (Å²) in [5.74, 6) is -0.793. The van der Waals surface area contributed by atoms with E-state index in [-0.39, 0.29) is 47.8 Å². The predicted octanol–water partition coefficient (Wildman–Crippen LogP) is 0.609. The normalized spacial score (nSPS) is 22.3. The molecule has 1 aromatic carbocycles. The van der Waals surface area contributed by atoms with Crippen LogP contribution in [-0.4, -0.2) is 54.4 Å². The van der Waals surface area contributed by atoms with E-state index in [0.29, 0.717) is 10.9 Å². The van der Waals surface area contributed by atoms with Gasteiger partial charge >= 0.3 is 0 Å². The molecule has 1 aromatic rings. The zero-order chi connectivity index (χ0) is 19.7. The van der Waals surface area contributed by atoms with Gasteiger partial charge < -0.3 is 9.47 Å². The average molecular weight is 418 g/mol. The van der Waals surface area contributed by atoms with Crippen LogP contribution in [-0.2, 0) is 29.6 Å². The lowest BCUT2D eigenvalue weighted by molar-refractivity contribution is -0.116. The van der Waals surface area contributed by atoms with Gasteiger partial charge in [0.1, 0.15) is 10.6 Å². The molecule has 150 valence electrons. The van der Waals surface area contributed by atoms with Gasteiger partial charge in [0.2, 0.25) is 26.0 Å². The number of carbonyl (C=O) groups is 1. The molecule has 0 bridgehead atoms. The van der Waals surface area contributed by atoms with Gasteiger partial charge in [0, 0.05) is 19.6 Å². The second-order valence-electron chi connectivity index (χ2n) is 6.28. The highest BCUT2D eigenvalue weighted by molar-refractivity contribution is 7.94. The van der Waals surface area contributed by atoms with Crippen LogP contribution >= 0.6 is 0 Å². The molecule has 0 unspecified atom stereocenters. The highest BCUT2D eigenvalue weighted by Gasteiger charge is 2.37. The minimum Gasteiger partial charge on any atom is -0.492 e. The maximum absolute atomic E-state index is 12.8. The molecule has 1 N–H and O–H groups in total. The number of benzene rings is 1. The zero-order valence-corrected chi connectivity index (χ0v) is 16.5. The standard InChI is InChI=1S/C16H22N2O7S2/c1-2-24-14-6-5-12(18-16(19)7-9-26(18,20)21)10-15(14)27(22,23)17-11-13-4-3-8-25-13/h5-6,10,13,17H,2-4,7-9,11H2,1H3/t13-/m1/s1. The van der Waals surface area contributed by atoms with Crippen LogP contribution in [0.3, 0.4) is 0 Å². The SMILES string of the molecule is CCOc1ccc(N2C(=O)CCS2(=O)=O)cc1S(=O)(=O)NC[C@H]1CCCO1. The lowest BCUT2D eigenvalue weighted by atomic mass is 10.2. The van der Waals surface area contributed by atoms with E-state index in [1.807, 2.05) is 0 Å². The monoisotopic (exact) mass is 418 g/mol. The Balaban J connectivity index is 1.95. The molecule has 2 aliphatic heterocycles. The molecule has 2 heterocycles. The molecule has 27 heavy (non-hydrogen) atoms. The van der Waals surface area contributed by atoms with E-state index < -0.39 is 26.0 Å². The molecule has 2 aliphatic rings. The van der Waals surface area contributed by atoms with Crippen molar-refractivity contribution in [2.45, 2.75) is 37.2 Å². The lowest BCUT2D eigenvalue weighted by Crippen LogP contribution is -2.33. The van der Waals surface area contributed by atoms with Crippen LogP contribution in [0, 0.1) is 0 Å². The summed E-state index contributed by atoms with van der Waals surface area (Å²) in [5, 5.41) is 0. The molecule has 0 aromatic heterocycles. The second kappa shape index (κ2) is 7.74. The largest absolute Gasteiger partial charge is 0.492 e. The summed E-state index contributed by atoms with van der Waals surface area (Å²) in [5.41, 5.74) is -0.0153. The summed E-state index contributed by atoms with van der Waals surface area (Å²) in [6.45, 7) is 2.65. The van der Waals surface area contributed by atoms with Crippen LogP contribution in [0.5, 0.6) is 5.75 Å². The number of ether oxygens (including phenoxy) is 2.